The first-order valence-corrected chi connectivity index (χ1v) is 8.44. The van der Waals surface area contributed by atoms with Crippen LogP contribution in [0.1, 0.15) is 27.2 Å². The summed E-state index contributed by atoms with van der Waals surface area (Å²) in [4.78, 5) is 24.6. The molecule has 2 rings (SSSR count). The number of carbonyl (C=O) groups excluding carboxylic acids is 2. The van der Waals surface area contributed by atoms with Crippen molar-refractivity contribution < 1.29 is 19.1 Å². The molecule has 2 unspecified atom stereocenters. The Kier molecular flexibility index (Phi) is 5.96. The maximum Gasteiger partial charge on any atom is 0.330 e. The molecule has 6 nitrogen and oxygen atoms in total. The molecule has 1 aromatic rings. The molecule has 1 fully saturated rings. The molecule has 0 bridgehead atoms. The van der Waals surface area contributed by atoms with Gasteiger partial charge in [0.1, 0.15) is 11.6 Å². The predicted octanol–water partition coefficient (Wildman–Crippen LogP) is 2.96. The maximum absolute atomic E-state index is 12.4. The van der Waals surface area contributed by atoms with Gasteiger partial charge in [0, 0.05) is 11.4 Å². The van der Waals surface area contributed by atoms with Crippen LogP contribution in [0, 0.1) is 0 Å². The number of carbonyl (C=O) groups is 2. The third-order valence-electron chi connectivity index (χ3n) is 3.73. The van der Waals surface area contributed by atoms with Crippen molar-refractivity contribution in [1.82, 2.24) is 5.43 Å². The summed E-state index contributed by atoms with van der Waals surface area (Å²) < 4.78 is 10.2. The van der Waals surface area contributed by atoms with Crippen LogP contribution in [0.4, 0.5) is 5.69 Å². The number of nitrogens with one attached hydrogen (secondary N) is 1. The van der Waals surface area contributed by atoms with Crippen molar-refractivity contribution >= 4 is 40.8 Å². The predicted molar refractivity (Wildman–Crippen MR) is 92.2 cm³/mol. The van der Waals surface area contributed by atoms with Crippen molar-refractivity contribution in [3.05, 3.63) is 28.2 Å². The highest BCUT2D eigenvalue weighted by Gasteiger charge is 2.50. The monoisotopic (exact) mass is 374 g/mol. The number of benzene rings is 1. The van der Waals surface area contributed by atoms with E-state index in [4.69, 9.17) is 32.7 Å². The minimum Gasteiger partial charge on any atom is -0.465 e. The van der Waals surface area contributed by atoms with Crippen LogP contribution in [0.2, 0.25) is 10.0 Å². The fraction of sp³-hybridized carbons (Fsp3) is 0.500. The Morgan fingerprint density at radius 1 is 1.29 bits per heavy atom. The molecule has 24 heavy (non-hydrogen) atoms. The van der Waals surface area contributed by atoms with Crippen LogP contribution < -0.4 is 10.4 Å². The van der Waals surface area contributed by atoms with Gasteiger partial charge in [-0.3, -0.25) is 5.01 Å². The lowest BCUT2D eigenvalue weighted by Crippen LogP contribution is -2.51. The van der Waals surface area contributed by atoms with Crippen LogP contribution in [0.3, 0.4) is 0 Å². The number of rotatable bonds is 5. The van der Waals surface area contributed by atoms with Gasteiger partial charge in [0.25, 0.3) is 0 Å². The Balaban J connectivity index is 2.38. The van der Waals surface area contributed by atoms with E-state index in [1.807, 2.05) is 0 Å². The fourth-order valence-electron chi connectivity index (χ4n) is 2.62. The van der Waals surface area contributed by atoms with E-state index in [9.17, 15) is 9.59 Å². The summed E-state index contributed by atoms with van der Waals surface area (Å²) in [7, 11) is 0. The average Bonchev–Trinajstić information content (AvgIpc) is 2.87. The molecule has 0 amide bonds. The maximum atomic E-state index is 12.4. The van der Waals surface area contributed by atoms with E-state index in [-0.39, 0.29) is 19.6 Å². The van der Waals surface area contributed by atoms with Crippen molar-refractivity contribution in [3.8, 4) is 0 Å². The van der Waals surface area contributed by atoms with Crippen molar-refractivity contribution in [2.24, 2.45) is 0 Å². The van der Waals surface area contributed by atoms with Crippen LogP contribution in [0.5, 0.6) is 0 Å². The second-order valence-electron chi connectivity index (χ2n) is 5.60. The lowest BCUT2D eigenvalue weighted by Gasteiger charge is -2.27. The molecule has 1 aliphatic rings. The molecule has 1 aromatic carbocycles. The van der Waals surface area contributed by atoms with Crippen molar-refractivity contribution in [1.29, 1.82) is 0 Å². The lowest BCUT2D eigenvalue weighted by atomic mass is 9.96. The van der Waals surface area contributed by atoms with Gasteiger partial charge < -0.3 is 9.47 Å². The van der Waals surface area contributed by atoms with Crippen LogP contribution in [0.15, 0.2) is 18.2 Å². The van der Waals surface area contributed by atoms with Gasteiger partial charge in [-0.15, -0.1) is 0 Å². The Bertz CT molecular complexity index is 641. The molecule has 1 N–H and O–H groups in total. The Labute approximate surface area is 151 Å². The van der Waals surface area contributed by atoms with Crippen LogP contribution in [0.25, 0.3) is 0 Å². The van der Waals surface area contributed by atoms with Gasteiger partial charge in [-0.1, -0.05) is 23.2 Å². The zero-order valence-corrected chi connectivity index (χ0v) is 15.3. The van der Waals surface area contributed by atoms with E-state index >= 15 is 0 Å². The summed E-state index contributed by atoms with van der Waals surface area (Å²) in [6.45, 7) is 5.63. The molecule has 1 heterocycles. The second kappa shape index (κ2) is 7.59. The summed E-state index contributed by atoms with van der Waals surface area (Å²) in [6, 6.07) is 4.20. The number of hydrogen-bond acceptors (Lipinski definition) is 6. The van der Waals surface area contributed by atoms with Gasteiger partial charge in [-0.2, -0.15) is 0 Å². The van der Waals surface area contributed by atoms with Gasteiger partial charge in [-0.05, 0) is 39.0 Å². The first-order chi connectivity index (χ1) is 11.3. The Morgan fingerprint density at radius 2 is 1.96 bits per heavy atom. The van der Waals surface area contributed by atoms with Crippen LogP contribution >= 0.6 is 23.2 Å². The summed E-state index contributed by atoms with van der Waals surface area (Å²) >= 11 is 12.2. The number of halogens is 2. The summed E-state index contributed by atoms with van der Waals surface area (Å²) in [5, 5.41) is 2.38. The number of esters is 2. The van der Waals surface area contributed by atoms with Crippen molar-refractivity contribution in [3.63, 3.8) is 0 Å². The molecule has 0 saturated carbocycles. The van der Waals surface area contributed by atoms with E-state index in [1.165, 1.54) is 0 Å². The number of hydrogen-bond donors (Lipinski definition) is 1. The SMILES string of the molecule is CCOC(=O)C1CC(C)(C(=O)OCC)NN1c1ccc(Cl)cc1Cl. The van der Waals surface area contributed by atoms with Crippen molar-refractivity contribution in [2.45, 2.75) is 38.8 Å². The van der Waals surface area contributed by atoms with E-state index in [0.717, 1.165) is 0 Å². The summed E-state index contributed by atoms with van der Waals surface area (Å²) in [5.41, 5.74) is 2.52. The van der Waals surface area contributed by atoms with Crippen molar-refractivity contribution in [2.75, 3.05) is 18.2 Å². The number of hydrazine groups is 1. The van der Waals surface area contributed by atoms with E-state index < -0.39 is 23.5 Å². The van der Waals surface area contributed by atoms with Gasteiger partial charge in [-0.25, -0.2) is 15.0 Å². The molecule has 1 aliphatic heterocycles. The minimum absolute atomic E-state index is 0.198. The normalized spacial score (nSPS) is 23.2. The molecule has 1 saturated heterocycles. The molecule has 8 heteroatoms. The number of nitrogens with zero attached hydrogens (tertiary/aromatic N) is 1. The highest BCUT2D eigenvalue weighted by molar-refractivity contribution is 6.36. The highest BCUT2D eigenvalue weighted by Crippen LogP contribution is 2.36. The molecule has 0 spiro atoms. The molecule has 2 atom stereocenters. The smallest absolute Gasteiger partial charge is 0.330 e. The topological polar surface area (TPSA) is 67.9 Å². The van der Waals surface area contributed by atoms with Gasteiger partial charge in [0.2, 0.25) is 0 Å². The zero-order valence-electron chi connectivity index (χ0n) is 13.8. The Hall–Kier alpha value is -1.50. The minimum atomic E-state index is -1.06. The van der Waals surface area contributed by atoms with Crippen LogP contribution in [-0.2, 0) is 19.1 Å². The average molecular weight is 375 g/mol. The molecule has 0 aliphatic carbocycles. The number of ether oxygens (including phenoxy) is 2. The highest BCUT2D eigenvalue weighted by atomic mass is 35.5. The van der Waals surface area contributed by atoms with Gasteiger partial charge in [0.15, 0.2) is 0 Å². The largest absolute Gasteiger partial charge is 0.465 e. The Morgan fingerprint density at radius 3 is 2.54 bits per heavy atom. The molecule has 0 radical (unpaired) electrons. The number of anilines is 1. The zero-order chi connectivity index (χ0) is 17.9. The first-order valence-electron chi connectivity index (χ1n) is 7.68. The van der Waals surface area contributed by atoms with Crippen LogP contribution in [-0.4, -0.2) is 36.7 Å². The van der Waals surface area contributed by atoms with Gasteiger partial charge in [0.05, 0.1) is 23.9 Å². The second-order valence-corrected chi connectivity index (χ2v) is 6.45. The quantitative estimate of drug-likeness (QED) is 0.799. The van der Waals surface area contributed by atoms with E-state index in [2.05, 4.69) is 5.43 Å². The third-order valence-corrected chi connectivity index (χ3v) is 4.27. The van der Waals surface area contributed by atoms with E-state index in [1.54, 1.807) is 44.0 Å². The molecular formula is C16H20Cl2N2O4. The lowest BCUT2D eigenvalue weighted by molar-refractivity contribution is -0.150. The first kappa shape index (κ1) is 18.8. The summed E-state index contributed by atoms with van der Waals surface area (Å²) in [5.74, 6) is -0.879. The molecule has 132 valence electrons. The van der Waals surface area contributed by atoms with E-state index in [0.29, 0.717) is 15.7 Å². The summed E-state index contributed by atoms with van der Waals surface area (Å²) in [6.07, 6.45) is 0.198. The fourth-order valence-corrected chi connectivity index (χ4v) is 3.12. The third kappa shape index (κ3) is 3.77. The van der Waals surface area contributed by atoms with Gasteiger partial charge >= 0.3 is 11.9 Å². The molecule has 0 aromatic heterocycles. The molecular weight excluding hydrogens is 355 g/mol. The standard InChI is InChI=1S/C16H20Cl2N2O4/c1-4-23-14(21)13-9-16(3,15(22)24-5-2)19-20(13)12-7-6-10(17)8-11(12)18/h6-8,13,19H,4-5,9H2,1-3H3.